The van der Waals surface area contributed by atoms with Crippen LogP contribution in [0.2, 0.25) is 0 Å². The van der Waals surface area contributed by atoms with Gasteiger partial charge in [0.05, 0.1) is 12.6 Å². The zero-order chi connectivity index (χ0) is 11.3. The number of amides is 1. The number of carboxylic acids is 1. The lowest BCUT2D eigenvalue weighted by Gasteiger charge is -2.22. The van der Waals surface area contributed by atoms with Gasteiger partial charge >= 0.3 is 5.97 Å². The van der Waals surface area contributed by atoms with Gasteiger partial charge in [0.1, 0.15) is 0 Å². The van der Waals surface area contributed by atoms with Crippen molar-refractivity contribution in [3.63, 3.8) is 0 Å². The molecule has 5 nitrogen and oxygen atoms in total. The van der Waals surface area contributed by atoms with Crippen molar-refractivity contribution in [2.75, 3.05) is 13.2 Å². The normalized spacial score (nSPS) is 20.6. The monoisotopic (exact) mass is 215 g/mol. The molecular formula is C10H17NO4. The molecule has 0 saturated carbocycles. The highest BCUT2D eigenvalue weighted by atomic mass is 16.4. The number of aliphatic hydroxyl groups is 1. The van der Waals surface area contributed by atoms with Crippen molar-refractivity contribution in [1.29, 1.82) is 0 Å². The molecule has 0 spiro atoms. The number of carbonyl (C=O) groups excluding carboxylic acids is 1. The van der Waals surface area contributed by atoms with E-state index in [0.29, 0.717) is 13.0 Å². The van der Waals surface area contributed by atoms with Crippen molar-refractivity contribution < 1.29 is 19.8 Å². The first kappa shape index (κ1) is 12.0. The van der Waals surface area contributed by atoms with Gasteiger partial charge in [-0.1, -0.05) is 0 Å². The van der Waals surface area contributed by atoms with Crippen molar-refractivity contribution in [2.24, 2.45) is 0 Å². The summed E-state index contributed by atoms with van der Waals surface area (Å²) >= 11 is 0. The molecule has 1 aliphatic heterocycles. The second-order valence-corrected chi connectivity index (χ2v) is 3.81. The lowest BCUT2D eigenvalue weighted by atomic mass is 10.2. The number of carbonyl (C=O) groups is 2. The molecule has 1 fully saturated rings. The average molecular weight is 215 g/mol. The second-order valence-electron chi connectivity index (χ2n) is 3.81. The van der Waals surface area contributed by atoms with E-state index in [9.17, 15) is 9.59 Å². The van der Waals surface area contributed by atoms with Gasteiger partial charge in [-0.3, -0.25) is 9.59 Å². The van der Waals surface area contributed by atoms with Crippen LogP contribution in [-0.4, -0.2) is 46.2 Å². The van der Waals surface area contributed by atoms with E-state index in [1.54, 1.807) is 4.90 Å². The molecule has 15 heavy (non-hydrogen) atoms. The molecule has 1 heterocycles. The molecule has 5 heteroatoms. The summed E-state index contributed by atoms with van der Waals surface area (Å²) < 4.78 is 0. The Kier molecular flexibility index (Phi) is 4.55. The minimum absolute atomic E-state index is 0.00463. The SMILES string of the molecule is O=C(O)CCCC(=O)N1CCCC1CO. The summed E-state index contributed by atoms with van der Waals surface area (Å²) in [6, 6.07) is -0.0534. The molecule has 1 amide bonds. The number of carboxylic acid groups (broad SMARTS) is 1. The van der Waals surface area contributed by atoms with Crippen molar-refractivity contribution in [1.82, 2.24) is 4.90 Å². The van der Waals surface area contributed by atoms with Crippen molar-refractivity contribution in [2.45, 2.75) is 38.1 Å². The van der Waals surface area contributed by atoms with Crippen LogP contribution >= 0.6 is 0 Å². The summed E-state index contributed by atoms with van der Waals surface area (Å²) in [7, 11) is 0. The lowest BCUT2D eigenvalue weighted by Crippen LogP contribution is -2.37. The zero-order valence-corrected chi connectivity index (χ0v) is 8.69. The second kappa shape index (κ2) is 5.70. The molecular weight excluding hydrogens is 198 g/mol. The molecule has 0 aliphatic carbocycles. The van der Waals surface area contributed by atoms with Crippen molar-refractivity contribution in [3.05, 3.63) is 0 Å². The van der Waals surface area contributed by atoms with E-state index < -0.39 is 5.97 Å². The molecule has 0 aromatic heterocycles. The van der Waals surface area contributed by atoms with E-state index in [1.165, 1.54) is 0 Å². The van der Waals surface area contributed by atoms with Gasteiger partial charge in [-0.2, -0.15) is 0 Å². The number of hydrogen-bond acceptors (Lipinski definition) is 3. The molecule has 1 unspecified atom stereocenters. The highest BCUT2D eigenvalue weighted by molar-refractivity contribution is 5.77. The third-order valence-corrected chi connectivity index (χ3v) is 2.69. The molecule has 0 radical (unpaired) electrons. The predicted molar refractivity (Wildman–Crippen MR) is 53.3 cm³/mol. The maximum absolute atomic E-state index is 11.6. The van der Waals surface area contributed by atoms with Gasteiger partial charge in [0.15, 0.2) is 0 Å². The van der Waals surface area contributed by atoms with Crippen LogP contribution in [0.15, 0.2) is 0 Å². The van der Waals surface area contributed by atoms with Gasteiger partial charge in [-0.25, -0.2) is 0 Å². The van der Waals surface area contributed by atoms with Gasteiger partial charge < -0.3 is 15.1 Å². The fraction of sp³-hybridized carbons (Fsp3) is 0.800. The average Bonchev–Trinajstić information content (AvgIpc) is 2.64. The van der Waals surface area contributed by atoms with E-state index in [4.69, 9.17) is 10.2 Å². The Bertz CT molecular complexity index is 242. The Morgan fingerprint density at radius 3 is 2.67 bits per heavy atom. The van der Waals surface area contributed by atoms with E-state index >= 15 is 0 Å². The summed E-state index contributed by atoms with van der Waals surface area (Å²) in [5.41, 5.74) is 0. The molecule has 1 atom stereocenters. The summed E-state index contributed by atoms with van der Waals surface area (Å²) in [6.45, 7) is 0.696. The fourth-order valence-electron chi connectivity index (χ4n) is 1.89. The van der Waals surface area contributed by atoms with E-state index in [0.717, 1.165) is 12.8 Å². The van der Waals surface area contributed by atoms with Crippen LogP contribution in [0.1, 0.15) is 32.1 Å². The minimum Gasteiger partial charge on any atom is -0.481 e. The van der Waals surface area contributed by atoms with Gasteiger partial charge in [-0.05, 0) is 19.3 Å². The van der Waals surface area contributed by atoms with Gasteiger partial charge in [0.25, 0.3) is 0 Å². The number of aliphatic carboxylic acids is 1. The van der Waals surface area contributed by atoms with Crippen LogP contribution in [0, 0.1) is 0 Å². The topological polar surface area (TPSA) is 77.8 Å². The Hall–Kier alpha value is -1.10. The van der Waals surface area contributed by atoms with Crippen LogP contribution < -0.4 is 0 Å². The number of nitrogens with zero attached hydrogens (tertiary/aromatic N) is 1. The number of likely N-dealkylation sites (tertiary alicyclic amines) is 1. The Balaban J connectivity index is 2.29. The Morgan fingerprint density at radius 1 is 1.33 bits per heavy atom. The Labute approximate surface area is 88.7 Å². The van der Waals surface area contributed by atoms with Crippen LogP contribution in [0.3, 0.4) is 0 Å². The molecule has 0 bridgehead atoms. The number of aliphatic hydroxyl groups excluding tert-OH is 1. The predicted octanol–water partition coefficient (Wildman–Crippen LogP) is 0.225. The lowest BCUT2D eigenvalue weighted by molar-refractivity contribution is -0.137. The van der Waals surface area contributed by atoms with E-state index in [1.807, 2.05) is 0 Å². The molecule has 0 aromatic rings. The van der Waals surface area contributed by atoms with Gasteiger partial charge in [0.2, 0.25) is 5.91 Å². The first-order valence-corrected chi connectivity index (χ1v) is 5.27. The van der Waals surface area contributed by atoms with Crippen molar-refractivity contribution in [3.8, 4) is 0 Å². The third-order valence-electron chi connectivity index (χ3n) is 2.69. The smallest absolute Gasteiger partial charge is 0.303 e. The molecule has 1 rings (SSSR count). The summed E-state index contributed by atoms with van der Waals surface area (Å²) in [6.07, 6.45) is 2.45. The van der Waals surface area contributed by atoms with E-state index in [2.05, 4.69) is 0 Å². The van der Waals surface area contributed by atoms with Gasteiger partial charge in [-0.15, -0.1) is 0 Å². The third kappa shape index (κ3) is 3.51. The molecule has 1 saturated heterocycles. The van der Waals surface area contributed by atoms with E-state index in [-0.39, 0.29) is 31.4 Å². The highest BCUT2D eigenvalue weighted by Gasteiger charge is 2.27. The van der Waals surface area contributed by atoms with Crippen LogP contribution in [-0.2, 0) is 9.59 Å². The molecule has 1 aliphatic rings. The van der Waals surface area contributed by atoms with Crippen LogP contribution in [0.25, 0.3) is 0 Å². The quantitative estimate of drug-likeness (QED) is 0.688. The fourth-order valence-corrected chi connectivity index (χ4v) is 1.89. The number of rotatable bonds is 5. The standard InChI is InChI=1S/C10H17NO4/c12-7-8-3-2-6-11(8)9(13)4-1-5-10(14)15/h8,12H,1-7H2,(H,14,15). The summed E-state index contributed by atoms with van der Waals surface area (Å²) in [5, 5.41) is 17.4. The minimum atomic E-state index is -0.872. The Morgan fingerprint density at radius 2 is 2.07 bits per heavy atom. The summed E-state index contributed by atoms with van der Waals surface area (Å²) in [4.78, 5) is 23.5. The molecule has 2 N–H and O–H groups in total. The summed E-state index contributed by atoms with van der Waals surface area (Å²) in [5.74, 6) is -0.907. The maximum atomic E-state index is 11.6. The molecule has 0 aromatic carbocycles. The zero-order valence-electron chi connectivity index (χ0n) is 8.69. The highest BCUT2D eigenvalue weighted by Crippen LogP contribution is 2.18. The van der Waals surface area contributed by atoms with Crippen LogP contribution in [0.4, 0.5) is 0 Å². The van der Waals surface area contributed by atoms with Crippen molar-refractivity contribution >= 4 is 11.9 Å². The largest absolute Gasteiger partial charge is 0.481 e. The van der Waals surface area contributed by atoms with Gasteiger partial charge in [0, 0.05) is 19.4 Å². The number of hydrogen-bond donors (Lipinski definition) is 2. The van der Waals surface area contributed by atoms with Crippen LogP contribution in [0.5, 0.6) is 0 Å². The first-order valence-electron chi connectivity index (χ1n) is 5.27. The first-order chi connectivity index (χ1) is 7.15. The molecule has 86 valence electrons. The maximum Gasteiger partial charge on any atom is 0.303 e.